The molecule has 0 rings (SSSR count). The molecule has 0 saturated carbocycles. The summed E-state index contributed by atoms with van der Waals surface area (Å²) >= 11 is 0. The molecular formula is C6H9N5O9. The minimum Gasteiger partial charge on any atom is -0.329 e. The molecule has 0 heterocycles. The van der Waals surface area contributed by atoms with Crippen LogP contribution in [0.4, 0.5) is 0 Å². The lowest BCUT2D eigenvalue weighted by Crippen LogP contribution is -2.60. The number of hydrogen-bond acceptors (Lipinski definition) is 9. The van der Waals surface area contributed by atoms with E-state index in [2.05, 4.69) is 0 Å². The van der Waals surface area contributed by atoms with Crippen molar-refractivity contribution in [3.05, 3.63) is 40.5 Å². The summed E-state index contributed by atoms with van der Waals surface area (Å²) in [6.45, 7) is -0.343. The van der Waals surface area contributed by atoms with E-state index in [0.717, 1.165) is 0 Å². The highest BCUT2D eigenvalue weighted by Crippen LogP contribution is 2.13. The van der Waals surface area contributed by atoms with Crippen molar-refractivity contribution >= 4 is 5.91 Å². The Morgan fingerprint density at radius 3 is 1.50 bits per heavy atom. The molecule has 0 saturated heterocycles. The second-order valence-corrected chi connectivity index (χ2v) is 3.95. The van der Waals surface area contributed by atoms with Gasteiger partial charge in [-0.3, -0.25) is 45.3 Å². The van der Waals surface area contributed by atoms with Crippen molar-refractivity contribution in [3.8, 4) is 0 Å². The van der Waals surface area contributed by atoms with Crippen molar-refractivity contribution in [3.63, 3.8) is 0 Å². The van der Waals surface area contributed by atoms with Gasteiger partial charge in [-0.2, -0.15) is 0 Å². The van der Waals surface area contributed by atoms with Crippen LogP contribution in [0.3, 0.4) is 0 Å². The van der Waals surface area contributed by atoms with Crippen LogP contribution in [0.5, 0.6) is 0 Å². The standard InChI is InChI=1S/C6H9N5O9/c1-5(8(13)14,9(15)16)3-7-4(12)6(2,10(17)18)11(19)20/h3H2,1-2H3,(H,7,12). The van der Waals surface area contributed by atoms with E-state index in [0.29, 0.717) is 13.8 Å². The van der Waals surface area contributed by atoms with Crippen LogP contribution in [0, 0.1) is 40.5 Å². The van der Waals surface area contributed by atoms with Crippen LogP contribution in [-0.2, 0) is 4.79 Å². The maximum absolute atomic E-state index is 11.4. The van der Waals surface area contributed by atoms with Gasteiger partial charge in [0, 0.05) is 0 Å². The molecule has 0 unspecified atom stereocenters. The Morgan fingerprint density at radius 2 is 1.25 bits per heavy atom. The van der Waals surface area contributed by atoms with Crippen LogP contribution in [0.1, 0.15) is 13.8 Å². The number of nitrogens with zero attached hydrogens (tertiary/aromatic N) is 4. The van der Waals surface area contributed by atoms with Gasteiger partial charge < -0.3 is 5.32 Å². The Balaban J connectivity index is 5.21. The molecule has 112 valence electrons. The van der Waals surface area contributed by atoms with E-state index in [1.807, 2.05) is 0 Å². The second kappa shape index (κ2) is 5.37. The van der Waals surface area contributed by atoms with Gasteiger partial charge in [0.15, 0.2) is 6.54 Å². The Labute approximate surface area is 109 Å². The van der Waals surface area contributed by atoms with Crippen LogP contribution in [0.15, 0.2) is 0 Å². The Kier molecular flexibility index (Phi) is 4.58. The normalized spacial score (nSPS) is 11.5. The minimum absolute atomic E-state index is 0.359. The smallest absolute Gasteiger partial charge is 0.329 e. The fourth-order valence-corrected chi connectivity index (χ4v) is 0.843. The summed E-state index contributed by atoms with van der Waals surface area (Å²) in [5.41, 5.74) is -6.15. The third kappa shape index (κ3) is 2.73. The number of carbonyl (C=O) groups is 1. The van der Waals surface area contributed by atoms with E-state index < -0.39 is 43.5 Å². The van der Waals surface area contributed by atoms with Gasteiger partial charge in [0.25, 0.3) is 0 Å². The van der Waals surface area contributed by atoms with E-state index in [-0.39, 0.29) is 0 Å². The molecule has 0 aromatic heterocycles. The van der Waals surface area contributed by atoms with Gasteiger partial charge in [-0.25, -0.2) is 0 Å². The highest BCUT2D eigenvalue weighted by atomic mass is 16.7. The monoisotopic (exact) mass is 295 g/mol. The molecule has 1 N–H and O–H groups in total. The number of hydrogen-bond donors (Lipinski definition) is 1. The van der Waals surface area contributed by atoms with Crippen molar-refractivity contribution in [2.24, 2.45) is 0 Å². The third-order valence-electron chi connectivity index (χ3n) is 2.51. The average molecular weight is 295 g/mol. The zero-order chi connectivity index (χ0) is 16.3. The first kappa shape index (κ1) is 17.1. The van der Waals surface area contributed by atoms with Crippen LogP contribution >= 0.6 is 0 Å². The van der Waals surface area contributed by atoms with Gasteiger partial charge in [-0.1, -0.05) is 0 Å². The topological polar surface area (TPSA) is 202 Å². The second-order valence-electron chi connectivity index (χ2n) is 3.95. The number of rotatable bonds is 7. The number of nitrogens with one attached hydrogen (secondary N) is 1. The lowest BCUT2D eigenvalue weighted by Gasteiger charge is -2.15. The van der Waals surface area contributed by atoms with E-state index in [9.17, 15) is 45.3 Å². The molecule has 0 aliphatic rings. The lowest BCUT2D eigenvalue weighted by molar-refractivity contribution is -0.789. The molecule has 14 heteroatoms. The molecule has 20 heavy (non-hydrogen) atoms. The molecule has 14 nitrogen and oxygen atoms in total. The van der Waals surface area contributed by atoms with Gasteiger partial charge in [0.05, 0.1) is 13.8 Å². The average Bonchev–Trinajstić information content (AvgIpc) is 2.32. The van der Waals surface area contributed by atoms with Gasteiger partial charge in [-0.05, 0) is 0 Å². The summed E-state index contributed by atoms with van der Waals surface area (Å²) in [7, 11) is 0. The molecule has 0 aliphatic heterocycles. The molecule has 0 fully saturated rings. The molecule has 0 aromatic carbocycles. The van der Waals surface area contributed by atoms with E-state index in [1.165, 1.54) is 5.32 Å². The highest BCUT2D eigenvalue weighted by molar-refractivity contribution is 5.82. The Bertz CT molecular complexity index is 459. The van der Waals surface area contributed by atoms with E-state index in [4.69, 9.17) is 0 Å². The lowest BCUT2D eigenvalue weighted by atomic mass is 10.1. The first-order valence-electron chi connectivity index (χ1n) is 4.77. The van der Waals surface area contributed by atoms with Gasteiger partial charge in [0.2, 0.25) is 0 Å². The first-order valence-corrected chi connectivity index (χ1v) is 4.77. The molecule has 0 atom stereocenters. The molecule has 0 spiro atoms. The van der Waals surface area contributed by atoms with Crippen molar-refractivity contribution < 1.29 is 24.5 Å². The first-order chi connectivity index (χ1) is 8.90. The molecule has 0 bridgehead atoms. The minimum atomic E-state index is -3.30. The molecule has 0 radical (unpaired) electrons. The highest BCUT2D eigenvalue weighted by Gasteiger charge is 2.61. The van der Waals surface area contributed by atoms with E-state index >= 15 is 0 Å². The summed E-state index contributed by atoms with van der Waals surface area (Å²) in [5.74, 6) is -1.80. The summed E-state index contributed by atoms with van der Waals surface area (Å²) < 4.78 is 0. The summed E-state index contributed by atoms with van der Waals surface area (Å²) in [4.78, 5) is 47.8. The summed E-state index contributed by atoms with van der Waals surface area (Å²) in [6, 6.07) is 0. The quantitative estimate of drug-likeness (QED) is 0.334. The summed E-state index contributed by atoms with van der Waals surface area (Å²) in [6.07, 6.45) is 0. The Morgan fingerprint density at radius 1 is 0.900 bits per heavy atom. The zero-order valence-corrected chi connectivity index (χ0v) is 10.2. The van der Waals surface area contributed by atoms with Crippen LogP contribution in [0.25, 0.3) is 0 Å². The van der Waals surface area contributed by atoms with Crippen molar-refractivity contribution in [2.45, 2.75) is 25.2 Å². The largest absolute Gasteiger partial charge is 0.531 e. The SMILES string of the molecule is CC(CNC(=O)C(C)([N+](=O)[O-])[N+](=O)[O-])([N+](=O)[O-])[N+](=O)[O-]. The fourth-order valence-electron chi connectivity index (χ4n) is 0.843. The number of carbonyl (C=O) groups excluding carboxylic acids is 1. The van der Waals surface area contributed by atoms with Gasteiger partial charge in [0.1, 0.15) is 19.7 Å². The summed E-state index contributed by atoms with van der Waals surface area (Å²) in [5, 5.41) is 43.6. The molecular weight excluding hydrogens is 286 g/mol. The maximum atomic E-state index is 11.4. The Hall–Kier alpha value is -2.93. The zero-order valence-electron chi connectivity index (χ0n) is 10.2. The van der Waals surface area contributed by atoms with Crippen molar-refractivity contribution in [1.82, 2.24) is 5.32 Å². The van der Waals surface area contributed by atoms with Crippen LogP contribution in [-0.4, -0.2) is 43.5 Å². The number of amides is 1. The molecule has 0 aromatic rings. The molecule has 1 amide bonds. The fraction of sp³-hybridized carbons (Fsp3) is 0.833. The van der Waals surface area contributed by atoms with E-state index in [1.54, 1.807) is 0 Å². The molecule has 0 aliphatic carbocycles. The predicted molar refractivity (Wildman–Crippen MR) is 57.8 cm³/mol. The van der Waals surface area contributed by atoms with Crippen molar-refractivity contribution in [1.29, 1.82) is 0 Å². The maximum Gasteiger partial charge on any atom is 0.531 e. The third-order valence-corrected chi connectivity index (χ3v) is 2.51. The number of nitro groups is 4. The predicted octanol–water partition coefficient (Wildman–Crippen LogP) is -1.36. The van der Waals surface area contributed by atoms with Gasteiger partial charge >= 0.3 is 17.2 Å². The van der Waals surface area contributed by atoms with Gasteiger partial charge in [-0.15, -0.1) is 0 Å². The van der Waals surface area contributed by atoms with Crippen molar-refractivity contribution in [2.75, 3.05) is 6.54 Å². The van der Waals surface area contributed by atoms with Crippen LogP contribution in [0.2, 0.25) is 0 Å². The van der Waals surface area contributed by atoms with Crippen LogP contribution < -0.4 is 5.32 Å².